The van der Waals surface area contributed by atoms with Gasteiger partial charge in [0.1, 0.15) is 10.0 Å². The fourth-order valence-electron chi connectivity index (χ4n) is 1.00. The number of hydrogen-bond donors (Lipinski definition) is 1. The van der Waals surface area contributed by atoms with Gasteiger partial charge in [-0.05, 0) is 6.42 Å². The molecule has 0 fully saturated rings. The summed E-state index contributed by atoms with van der Waals surface area (Å²) in [7, 11) is 0. The molecule has 1 heterocycles. The molecule has 3 nitrogen and oxygen atoms in total. The maximum absolute atomic E-state index is 4.19. The topological polar surface area (TPSA) is 37.8 Å². The Morgan fingerprint density at radius 1 is 1.29 bits per heavy atom. The smallest absolute Gasteiger partial charge is 0.131 e. The van der Waals surface area contributed by atoms with E-state index in [1.54, 1.807) is 11.3 Å². The van der Waals surface area contributed by atoms with Crippen LogP contribution in [0.1, 0.15) is 50.0 Å². The lowest BCUT2D eigenvalue weighted by atomic mass is 10.1. The molecule has 0 aliphatic heterocycles. The third kappa shape index (κ3) is 3.35. The van der Waals surface area contributed by atoms with Gasteiger partial charge in [-0.3, -0.25) is 0 Å². The Bertz CT molecular complexity index is 270. The van der Waals surface area contributed by atoms with Crippen molar-refractivity contribution in [3.63, 3.8) is 0 Å². The van der Waals surface area contributed by atoms with Crippen molar-refractivity contribution in [2.24, 2.45) is 0 Å². The molecule has 80 valence electrons. The molecule has 4 heteroatoms. The predicted molar refractivity (Wildman–Crippen MR) is 60.6 cm³/mol. The van der Waals surface area contributed by atoms with Crippen molar-refractivity contribution in [3.8, 4) is 0 Å². The van der Waals surface area contributed by atoms with Crippen molar-refractivity contribution >= 4 is 11.3 Å². The number of hydrogen-bond acceptors (Lipinski definition) is 4. The van der Waals surface area contributed by atoms with Crippen molar-refractivity contribution < 1.29 is 0 Å². The fourth-order valence-corrected chi connectivity index (χ4v) is 1.93. The van der Waals surface area contributed by atoms with Crippen molar-refractivity contribution in [2.45, 2.75) is 52.6 Å². The zero-order chi connectivity index (χ0) is 10.6. The molecule has 1 N–H and O–H groups in total. The van der Waals surface area contributed by atoms with Crippen LogP contribution in [0.3, 0.4) is 0 Å². The number of nitrogens with zero attached hydrogens (tertiary/aromatic N) is 2. The third-order valence-corrected chi connectivity index (χ3v) is 3.33. The SMILES string of the molecule is CCC(C)c1nnc(CNC(C)C)s1. The van der Waals surface area contributed by atoms with E-state index in [9.17, 15) is 0 Å². The first-order chi connectivity index (χ1) is 6.63. The average molecular weight is 213 g/mol. The van der Waals surface area contributed by atoms with E-state index in [2.05, 4.69) is 43.2 Å². The molecule has 0 aromatic carbocycles. The summed E-state index contributed by atoms with van der Waals surface area (Å²) in [4.78, 5) is 0. The largest absolute Gasteiger partial charge is 0.308 e. The molecule has 1 aromatic heterocycles. The highest BCUT2D eigenvalue weighted by atomic mass is 32.1. The van der Waals surface area contributed by atoms with Crippen LogP contribution < -0.4 is 5.32 Å². The Kier molecular flexibility index (Phi) is 4.48. The quantitative estimate of drug-likeness (QED) is 0.817. The first-order valence-electron chi connectivity index (χ1n) is 5.19. The van der Waals surface area contributed by atoms with Crippen molar-refractivity contribution in [1.29, 1.82) is 0 Å². The minimum atomic E-state index is 0.506. The highest BCUT2D eigenvalue weighted by Gasteiger charge is 2.09. The first-order valence-corrected chi connectivity index (χ1v) is 6.00. The van der Waals surface area contributed by atoms with E-state index >= 15 is 0 Å². The van der Waals surface area contributed by atoms with Gasteiger partial charge in [-0.1, -0.05) is 39.0 Å². The summed E-state index contributed by atoms with van der Waals surface area (Å²) < 4.78 is 0. The first kappa shape index (κ1) is 11.6. The Morgan fingerprint density at radius 3 is 2.57 bits per heavy atom. The molecular weight excluding hydrogens is 194 g/mol. The molecule has 1 atom stereocenters. The van der Waals surface area contributed by atoms with E-state index < -0.39 is 0 Å². The van der Waals surface area contributed by atoms with Gasteiger partial charge in [0.2, 0.25) is 0 Å². The van der Waals surface area contributed by atoms with Gasteiger partial charge in [0.05, 0.1) is 0 Å². The molecule has 1 aromatic rings. The normalized spacial score (nSPS) is 13.5. The highest BCUT2D eigenvalue weighted by Crippen LogP contribution is 2.21. The van der Waals surface area contributed by atoms with Crippen LogP contribution in [0.25, 0.3) is 0 Å². The molecule has 0 amide bonds. The summed E-state index contributed by atoms with van der Waals surface area (Å²) in [5, 5.41) is 13.9. The van der Waals surface area contributed by atoms with Crippen LogP contribution in [0.4, 0.5) is 0 Å². The molecular formula is C10H19N3S. The Hall–Kier alpha value is -0.480. The summed E-state index contributed by atoms with van der Waals surface area (Å²) in [5.41, 5.74) is 0. The maximum Gasteiger partial charge on any atom is 0.131 e. The second kappa shape index (κ2) is 5.41. The maximum atomic E-state index is 4.19. The highest BCUT2D eigenvalue weighted by molar-refractivity contribution is 7.11. The molecule has 0 saturated carbocycles. The van der Waals surface area contributed by atoms with Crippen molar-refractivity contribution in [2.75, 3.05) is 0 Å². The van der Waals surface area contributed by atoms with Crippen LogP contribution in [0.5, 0.6) is 0 Å². The summed E-state index contributed by atoms with van der Waals surface area (Å²) in [6, 6.07) is 0.506. The Morgan fingerprint density at radius 2 is 2.00 bits per heavy atom. The fraction of sp³-hybridized carbons (Fsp3) is 0.800. The van der Waals surface area contributed by atoms with Crippen LogP contribution in [0.2, 0.25) is 0 Å². The second-order valence-corrected chi connectivity index (χ2v) is 4.97. The van der Waals surface area contributed by atoms with Gasteiger partial charge in [-0.25, -0.2) is 0 Å². The number of aromatic nitrogens is 2. The third-order valence-electron chi connectivity index (χ3n) is 2.18. The molecule has 1 unspecified atom stereocenters. The molecule has 1 rings (SSSR count). The van der Waals surface area contributed by atoms with E-state index in [-0.39, 0.29) is 0 Å². The summed E-state index contributed by atoms with van der Waals surface area (Å²) in [5.74, 6) is 0.542. The minimum absolute atomic E-state index is 0.506. The van der Waals surface area contributed by atoms with Gasteiger partial charge in [0, 0.05) is 18.5 Å². The standard InChI is InChI=1S/C10H19N3S/c1-5-8(4)10-13-12-9(14-10)6-11-7(2)3/h7-8,11H,5-6H2,1-4H3. The van der Waals surface area contributed by atoms with Crippen LogP contribution in [0, 0.1) is 0 Å². The minimum Gasteiger partial charge on any atom is -0.308 e. The van der Waals surface area contributed by atoms with Gasteiger partial charge in [0.15, 0.2) is 0 Å². The van der Waals surface area contributed by atoms with Crippen LogP contribution >= 0.6 is 11.3 Å². The molecule has 0 aliphatic carbocycles. The summed E-state index contributed by atoms with van der Waals surface area (Å²) in [6.45, 7) is 9.48. The van der Waals surface area contributed by atoms with Gasteiger partial charge in [0.25, 0.3) is 0 Å². The molecule has 0 aliphatic rings. The molecule has 14 heavy (non-hydrogen) atoms. The number of nitrogens with one attached hydrogen (secondary N) is 1. The van der Waals surface area contributed by atoms with Crippen LogP contribution in [0.15, 0.2) is 0 Å². The number of rotatable bonds is 5. The van der Waals surface area contributed by atoms with Crippen molar-refractivity contribution in [1.82, 2.24) is 15.5 Å². The van der Waals surface area contributed by atoms with Gasteiger partial charge in [-0.15, -0.1) is 10.2 Å². The second-order valence-electron chi connectivity index (χ2n) is 3.88. The monoisotopic (exact) mass is 213 g/mol. The lowest BCUT2D eigenvalue weighted by Gasteiger charge is -2.04. The molecule has 0 saturated heterocycles. The van der Waals surface area contributed by atoms with E-state index in [1.165, 1.54) is 0 Å². The van der Waals surface area contributed by atoms with Crippen LogP contribution in [-0.2, 0) is 6.54 Å². The predicted octanol–water partition coefficient (Wildman–Crippen LogP) is 2.55. The van der Waals surface area contributed by atoms with E-state index in [0.717, 1.165) is 23.0 Å². The molecule has 0 spiro atoms. The summed E-state index contributed by atoms with van der Waals surface area (Å²) in [6.07, 6.45) is 1.13. The van der Waals surface area contributed by atoms with Gasteiger partial charge < -0.3 is 5.32 Å². The zero-order valence-corrected chi connectivity index (χ0v) is 10.2. The van der Waals surface area contributed by atoms with Gasteiger partial charge >= 0.3 is 0 Å². The van der Waals surface area contributed by atoms with Gasteiger partial charge in [-0.2, -0.15) is 0 Å². The van der Waals surface area contributed by atoms with Crippen molar-refractivity contribution in [3.05, 3.63) is 10.0 Å². The zero-order valence-electron chi connectivity index (χ0n) is 9.37. The lowest BCUT2D eigenvalue weighted by Crippen LogP contribution is -2.21. The van der Waals surface area contributed by atoms with Crippen LogP contribution in [-0.4, -0.2) is 16.2 Å². The molecule has 0 radical (unpaired) electrons. The van der Waals surface area contributed by atoms with E-state index in [0.29, 0.717) is 12.0 Å². The summed E-state index contributed by atoms with van der Waals surface area (Å²) >= 11 is 1.72. The van der Waals surface area contributed by atoms with E-state index in [1.807, 2.05) is 0 Å². The van der Waals surface area contributed by atoms with E-state index in [4.69, 9.17) is 0 Å². The lowest BCUT2D eigenvalue weighted by molar-refractivity contribution is 0.584. The Labute approximate surface area is 89.9 Å². The average Bonchev–Trinajstić information content (AvgIpc) is 2.62. The Balaban J connectivity index is 2.50. The molecule has 0 bridgehead atoms.